The molecule has 4 heteroatoms. The largest absolute Gasteiger partial charge is 0.346 e. The van der Waals surface area contributed by atoms with E-state index in [2.05, 4.69) is 83.4 Å². The molecule has 0 heterocycles. The van der Waals surface area contributed by atoms with Gasteiger partial charge in [-0.3, -0.25) is 0 Å². The maximum Gasteiger partial charge on any atom is -0.194 e. The third kappa shape index (κ3) is 53.8. The van der Waals surface area contributed by atoms with Crippen LogP contribution in [0.4, 0.5) is 0 Å². The van der Waals surface area contributed by atoms with E-state index >= 15 is 0 Å². The van der Waals surface area contributed by atoms with E-state index < -0.39 is 0 Å². The first kappa shape index (κ1) is 28.9. The summed E-state index contributed by atoms with van der Waals surface area (Å²) in [4.78, 5) is 0. The molecule has 0 aliphatic carbocycles. The summed E-state index contributed by atoms with van der Waals surface area (Å²) >= 11 is 1.33. The average Bonchev–Trinajstić information content (AvgIpc) is 2.38. The maximum atomic E-state index is 4.29. The van der Waals surface area contributed by atoms with Gasteiger partial charge in [0.1, 0.15) is 0 Å². The van der Waals surface area contributed by atoms with E-state index in [1.165, 1.54) is 19.6 Å². The minimum absolute atomic E-state index is 0.00387. The van der Waals surface area contributed by atoms with Crippen LogP contribution in [-0.2, 0) is 19.6 Å². The first-order chi connectivity index (χ1) is 9.48. The predicted molar refractivity (Wildman–Crippen MR) is 95.0 cm³/mol. The van der Waals surface area contributed by atoms with Crippen molar-refractivity contribution in [3.05, 3.63) is 36.9 Å². The van der Waals surface area contributed by atoms with Gasteiger partial charge in [-0.05, 0) is 0 Å². The van der Waals surface area contributed by atoms with Gasteiger partial charge < -0.3 is 24.5 Å². The zero-order chi connectivity index (χ0) is 18.1. The molecule has 21 heavy (non-hydrogen) atoms. The summed E-state index contributed by atoms with van der Waals surface area (Å²) in [6, 6.07) is 0.546. The SMILES string of the molecule is CC(C)(C)[N-]/C=C\[N-]C(C)(C)C.CC(C)[N]=[W].[CH2-]C.[CH2-]C. The van der Waals surface area contributed by atoms with Gasteiger partial charge in [0.05, 0.1) is 0 Å². The summed E-state index contributed by atoms with van der Waals surface area (Å²) in [5.41, 5.74) is 0.00775. The van der Waals surface area contributed by atoms with Crippen molar-refractivity contribution in [2.75, 3.05) is 0 Å². The Hall–Kier alpha value is -0.172. The third-order valence-corrected chi connectivity index (χ3v) is 2.72. The second kappa shape index (κ2) is 17.9. The van der Waals surface area contributed by atoms with Crippen LogP contribution in [0.2, 0.25) is 0 Å². The molecule has 0 N–H and O–H groups in total. The van der Waals surface area contributed by atoms with Crippen LogP contribution < -0.4 is 0 Å². The van der Waals surface area contributed by atoms with Crippen LogP contribution in [0.3, 0.4) is 0 Å². The van der Waals surface area contributed by atoms with Crippen LogP contribution in [0.5, 0.6) is 0 Å². The number of rotatable bonds is 3. The Kier molecular flexibility index (Phi) is 24.6. The summed E-state index contributed by atoms with van der Waals surface area (Å²) in [7, 11) is 0. The van der Waals surface area contributed by atoms with Gasteiger partial charge in [-0.25, -0.2) is 12.4 Å². The van der Waals surface area contributed by atoms with Gasteiger partial charge in [0.15, 0.2) is 0 Å². The van der Waals surface area contributed by atoms with Gasteiger partial charge in [0, 0.05) is 0 Å². The Labute approximate surface area is 146 Å². The Morgan fingerprint density at radius 1 is 0.810 bits per heavy atom. The van der Waals surface area contributed by atoms with Gasteiger partial charge in [0.25, 0.3) is 0 Å². The van der Waals surface area contributed by atoms with E-state index in [1.807, 2.05) is 0 Å². The summed E-state index contributed by atoms with van der Waals surface area (Å²) in [5.74, 6) is 0. The normalized spacial score (nSPS) is 10.3. The topological polar surface area (TPSA) is 40.6 Å². The molecule has 0 rings (SSSR count). The molecule has 0 spiro atoms. The van der Waals surface area contributed by atoms with Crippen LogP contribution in [0.1, 0.15) is 69.2 Å². The standard InChI is InChI=1S/C10H20N2.C3H7N.2C2H5.W/c1-9(2,3)11-7-8-12-10(4,5)6;1-3(2)4;2*1-2;/h7-8H,1-6H3;3H,1-2H3;2*1H2,2H3;/q-2;;2*-1;/b8-7-;;;;. The van der Waals surface area contributed by atoms with Crippen molar-refractivity contribution in [3.8, 4) is 0 Å². The fraction of sp³-hybridized carbons (Fsp3) is 0.765. The van der Waals surface area contributed by atoms with E-state index in [-0.39, 0.29) is 11.1 Å². The minimum atomic E-state index is 0.00387. The molecular weight excluding hydrogens is 430 g/mol. The molecule has 0 radical (unpaired) electrons. The zero-order valence-electron chi connectivity index (χ0n) is 15.9. The van der Waals surface area contributed by atoms with Gasteiger partial charge in [-0.1, -0.05) is 41.5 Å². The predicted octanol–water partition coefficient (Wildman–Crippen LogP) is 6.61. The van der Waals surface area contributed by atoms with E-state index in [0.29, 0.717) is 6.04 Å². The van der Waals surface area contributed by atoms with Crippen LogP contribution in [-0.4, -0.2) is 17.1 Å². The fourth-order valence-electron chi connectivity index (χ4n) is 0.514. The molecular formula is C17H37N3W-4. The van der Waals surface area contributed by atoms with Crippen LogP contribution in [0.15, 0.2) is 15.9 Å². The summed E-state index contributed by atoms with van der Waals surface area (Å²) < 4.78 is 3.97. The summed E-state index contributed by atoms with van der Waals surface area (Å²) in [6.07, 6.45) is 3.54. The molecule has 0 amide bonds. The van der Waals surface area contributed by atoms with Crippen molar-refractivity contribution in [2.45, 2.75) is 86.4 Å². The van der Waals surface area contributed by atoms with E-state index in [0.717, 1.165) is 0 Å². The molecule has 0 aliphatic heterocycles. The second-order valence-corrected chi connectivity index (χ2v) is 6.85. The average molecular weight is 467 g/mol. The first-order valence-corrected chi connectivity index (χ1v) is 8.62. The Balaban J connectivity index is -0.000000134. The Bertz CT molecular complexity index is 205. The van der Waals surface area contributed by atoms with Crippen LogP contribution >= 0.6 is 0 Å². The maximum absolute atomic E-state index is 4.29. The molecule has 0 saturated heterocycles. The molecule has 0 aromatic carbocycles. The number of hydrogen-bond acceptors (Lipinski definition) is 1. The zero-order valence-corrected chi connectivity index (χ0v) is 18.8. The molecule has 0 aromatic rings. The van der Waals surface area contributed by atoms with Gasteiger partial charge in [0.2, 0.25) is 0 Å². The van der Waals surface area contributed by atoms with Gasteiger partial charge in [-0.15, -0.1) is 11.1 Å². The molecule has 130 valence electrons. The summed E-state index contributed by atoms with van der Waals surface area (Å²) in [6.45, 7) is 26.5. The number of hydrogen-bond donors (Lipinski definition) is 0. The molecule has 0 fully saturated rings. The van der Waals surface area contributed by atoms with Crippen LogP contribution in [0.25, 0.3) is 10.6 Å². The van der Waals surface area contributed by atoms with E-state index in [1.54, 1.807) is 26.2 Å². The van der Waals surface area contributed by atoms with Crippen molar-refractivity contribution in [2.24, 2.45) is 3.50 Å². The molecule has 0 atom stereocenters. The fourth-order valence-corrected chi connectivity index (χ4v) is 0.514. The first-order valence-electron chi connectivity index (χ1n) is 7.31. The third-order valence-electron chi connectivity index (χ3n) is 1.20. The Morgan fingerprint density at radius 3 is 1.10 bits per heavy atom. The van der Waals surface area contributed by atoms with Crippen molar-refractivity contribution >= 4 is 0 Å². The Morgan fingerprint density at radius 2 is 1.00 bits per heavy atom. The van der Waals surface area contributed by atoms with Gasteiger partial charge >= 0.3 is 43.0 Å². The van der Waals surface area contributed by atoms with Gasteiger partial charge in [-0.2, -0.15) is 13.8 Å². The van der Waals surface area contributed by atoms with E-state index in [4.69, 9.17) is 0 Å². The monoisotopic (exact) mass is 467 g/mol. The number of nitrogens with zero attached hydrogens (tertiary/aromatic N) is 3. The smallest absolute Gasteiger partial charge is 0.194 e. The molecule has 0 aromatic heterocycles. The van der Waals surface area contributed by atoms with Crippen molar-refractivity contribution in [1.82, 2.24) is 0 Å². The van der Waals surface area contributed by atoms with Crippen LogP contribution in [0, 0.1) is 13.8 Å². The molecule has 0 saturated carbocycles. The molecule has 0 bridgehead atoms. The van der Waals surface area contributed by atoms with Crippen molar-refractivity contribution < 1.29 is 19.6 Å². The summed E-state index contributed by atoms with van der Waals surface area (Å²) in [5, 5.41) is 8.57. The molecule has 0 aliphatic rings. The van der Waals surface area contributed by atoms with Crippen molar-refractivity contribution in [1.29, 1.82) is 0 Å². The molecule has 3 nitrogen and oxygen atoms in total. The molecule has 0 unspecified atom stereocenters. The minimum Gasteiger partial charge on any atom is -0.346 e. The van der Waals surface area contributed by atoms with Crippen molar-refractivity contribution in [3.63, 3.8) is 0 Å². The van der Waals surface area contributed by atoms with E-state index in [9.17, 15) is 0 Å². The second-order valence-electron chi connectivity index (χ2n) is 6.10. The quantitative estimate of drug-likeness (QED) is 0.420.